The van der Waals surface area contributed by atoms with Crippen LogP contribution in [0.25, 0.3) is 4.13 Å². The zero-order valence-corrected chi connectivity index (χ0v) is 11.3. The fourth-order valence-electron chi connectivity index (χ4n) is 0.214. The van der Waals surface area contributed by atoms with Crippen LogP contribution in [-0.4, -0.2) is 49.0 Å². The molecule has 0 aliphatic heterocycles. The molecule has 0 heterocycles. The van der Waals surface area contributed by atoms with Crippen molar-refractivity contribution in [1.82, 2.24) is 0 Å². The molecule has 0 aromatic heterocycles. The highest BCUT2D eigenvalue weighted by Crippen LogP contribution is 2.36. The van der Waals surface area contributed by atoms with E-state index in [9.17, 15) is 43.2 Å². The van der Waals surface area contributed by atoms with Crippen LogP contribution in [0.4, 0.5) is 26.3 Å². The minimum Gasteiger partial charge on any atom is -0.421 e. The SMILES string of the molecule is C[NH+](C)C.O=S(=O)([N-]S(=O)(=O)C(F)(F)F)C(F)(F)F. The van der Waals surface area contributed by atoms with Gasteiger partial charge in [-0.05, 0) is 0 Å². The quantitative estimate of drug-likeness (QED) is 0.707. The summed E-state index contributed by atoms with van der Waals surface area (Å²) < 4.78 is 109. The first-order chi connectivity index (χ1) is 7.94. The van der Waals surface area contributed by atoms with Crippen molar-refractivity contribution < 1.29 is 48.1 Å². The van der Waals surface area contributed by atoms with Gasteiger partial charge in [0.1, 0.15) is 0 Å². The fourth-order valence-corrected chi connectivity index (χ4v) is 1.92. The van der Waals surface area contributed by atoms with Gasteiger partial charge in [-0.2, -0.15) is 26.3 Å². The minimum atomic E-state index is -6.72. The molecule has 0 saturated carbocycles. The van der Waals surface area contributed by atoms with Gasteiger partial charge in [-0.1, -0.05) is 0 Å². The molecule has 0 unspecified atom stereocenters. The zero-order chi connectivity index (χ0) is 16.3. The molecule has 0 amide bonds. The van der Waals surface area contributed by atoms with Crippen LogP contribution in [-0.2, 0) is 20.0 Å². The summed E-state index contributed by atoms with van der Waals surface area (Å²) in [5, 5.41) is 0. The second-order valence-electron chi connectivity index (χ2n) is 3.42. The molecule has 0 aliphatic carbocycles. The van der Waals surface area contributed by atoms with E-state index in [0.717, 1.165) is 4.13 Å². The summed E-state index contributed by atoms with van der Waals surface area (Å²) in [6, 6.07) is 0. The van der Waals surface area contributed by atoms with E-state index in [2.05, 4.69) is 21.1 Å². The Labute approximate surface area is 105 Å². The maximum Gasteiger partial charge on any atom is 0.480 e. The molecule has 0 fully saturated rings. The van der Waals surface area contributed by atoms with Crippen LogP contribution in [0, 0.1) is 0 Å². The molecule has 0 bridgehead atoms. The van der Waals surface area contributed by atoms with Gasteiger partial charge in [0, 0.05) is 0 Å². The predicted octanol–water partition coefficient (Wildman–Crippen LogP) is -0.180. The molecule has 0 spiro atoms. The van der Waals surface area contributed by atoms with Crippen LogP contribution >= 0.6 is 0 Å². The topological polar surface area (TPSA) is 86.8 Å². The molecule has 0 aromatic rings. The predicted molar refractivity (Wildman–Crippen MR) is 52.0 cm³/mol. The lowest BCUT2D eigenvalue weighted by molar-refractivity contribution is -0.836. The van der Waals surface area contributed by atoms with Gasteiger partial charge < -0.3 is 9.03 Å². The first-order valence-corrected chi connectivity index (χ1v) is 6.95. The molecule has 1 N–H and O–H groups in total. The first kappa shape index (κ1) is 20.7. The molecule has 0 atom stereocenters. The largest absolute Gasteiger partial charge is 0.480 e. The highest BCUT2D eigenvalue weighted by atomic mass is 32.3. The Morgan fingerprint density at radius 1 is 0.737 bits per heavy atom. The normalized spacial score (nSPS) is 14.0. The van der Waals surface area contributed by atoms with Crippen molar-refractivity contribution in [3.05, 3.63) is 4.13 Å². The molecular weight excluding hydrogens is 330 g/mol. The molecule has 6 nitrogen and oxygen atoms in total. The molecule has 14 heteroatoms. The van der Waals surface area contributed by atoms with Crippen LogP contribution in [0.5, 0.6) is 0 Å². The van der Waals surface area contributed by atoms with Crippen LogP contribution in [0.2, 0.25) is 0 Å². The molecule has 118 valence electrons. The van der Waals surface area contributed by atoms with E-state index >= 15 is 0 Å². The van der Waals surface area contributed by atoms with E-state index in [1.807, 2.05) is 0 Å². The highest BCUT2D eigenvalue weighted by Gasteiger charge is 2.46. The summed E-state index contributed by atoms with van der Waals surface area (Å²) in [7, 11) is -7.19. The van der Waals surface area contributed by atoms with Gasteiger partial charge in [0.25, 0.3) is 0 Å². The van der Waals surface area contributed by atoms with Crippen molar-refractivity contribution in [1.29, 1.82) is 0 Å². The average Bonchev–Trinajstić information content (AvgIpc) is 1.94. The van der Waals surface area contributed by atoms with E-state index in [-0.39, 0.29) is 0 Å². The second-order valence-corrected chi connectivity index (χ2v) is 6.84. The third-order valence-electron chi connectivity index (χ3n) is 0.781. The first-order valence-electron chi connectivity index (χ1n) is 4.07. The molecule has 0 saturated heterocycles. The summed E-state index contributed by atoms with van der Waals surface area (Å²) in [5.74, 6) is 0. The second kappa shape index (κ2) is 6.23. The summed E-state index contributed by atoms with van der Waals surface area (Å²) in [6.07, 6.45) is 0. The third-order valence-corrected chi connectivity index (χ3v) is 3.52. The van der Waals surface area contributed by atoms with Gasteiger partial charge in [0.2, 0.25) is 0 Å². The lowest BCUT2D eigenvalue weighted by atomic mass is 11.0. The third kappa shape index (κ3) is 7.54. The zero-order valence-electron chi connectivity index (χ0n) is 9.66. The van der Waals surface area contributed by atoms with Crippen molar-refractivity contribution in [3.8, 4) is 0 Å². The van der Waals surface area contributed by atoms with Crippen molar-refractivity contribution in [3.63, 3.8) is 0 Å². The van der Waals surface area contributed by atoms with Gasteiger partial charge in [-0.15, -0.1) is 0 Å². The van der Waals surface area contributed by atoms with Gasteiger partial charge >= 0.3 is 11.0 Å². The maximum atomic E-state index is 11.4. The number of rotatable bonds is 2. The van der Waals surface area contributed by atoms with Gasteiger partial charge in [-0.25, -0.2) is 16.8 Å². The Kier molecular flexibility index (Phi) is 6.80. The standard InChI is InChI=1S/C3H9N.C2F6NO4S2/c1-4(2)3;3-1(4,5)14(10,11)9-15(12,13)2(6,7)8/h1-3H3;/q;-1/p+1. The number of halogens is 6. The molecule has 0 aliphatic rings. The van der Waals surface area contributed by atoms with Crippen molar-refractivity contribution >= 4 is 20.0 Å². The van der Waals surface area contributed by atoms with E-state index < -0.39 is 31.1 Å². The Morgan fingerprint density at radius 2 is 0.895 bits per heavy atom. The molecule has 0 rings (SSSR count). The van der Waals surface area contributed by atoms with Gasteiger partial charge in [-0.3, -0.25) is 0 Å². The molecule has 0 radical (unpaired) electrons. The van der Waals surface area contributed by atoms with Crippen LogP contribution in [0.3, 0.4) is 0 Å². The van der Waals surface area contributed by atoms with Crippen molar-refractivity contribution in [2.45, 2.75) is 11.0 Å². The summed E-state index contributed by atoms with van der Waals surface area (Å²) >= 11 is 0. The van der Waals surface area contributed by atoms with E-state index in [1.54, 1.807) is 0 Å². The Hall–Kier alpha value is -0.600. The molecular formula is C5H10F6N2O4S2. The number of hydrogen-bond donors (Lipinski definition) is 1. The lowest BCUT2D eigenvalue weighted by Crippen LogP contribution is -3.02. The summed E-state index contributed by atoms with van der Waals surface area (Å²) in [5.41, 5.74) is -12.4. The fraction of sp³-hybridized carbons (Fsp3) is 1.00. The molecule has 0 aromatic carbocycles. The van der Waals surface area contributed by atoms with E-state index in [4.69, 9.17) is 0 Å². The Balaban J connectivity index is 0. The number of sulfonamides is 2. The Morgan fingerprint density at radius 3 is 1.00 bits per heavy atom. The van der Waals surface area contributed by atoms with Crippen LogP contribution < -0.4 is 4.90 Å². The number of nitrogens with one attached hydrogen (secondary N) is 1. The van der Waals surface area contributed by atoms with Crippen molar-refractivity contribution in [2.24, 2.45) is 0 Å². The smallest absolute Gasteiger partial charge is 0.421 e. The van der Waals surface area contributed by atoms with Crippen molar-refractivity contribution in [2.75, 3.05) is 21.1 Å². The van der Waals surface area contributed by atoms with Gasteiger partial charge in [0.05, 0.1) is 21.1 Å². The van der Waals surface area contributed by atoms with Crippen LogP contribution in [0.1, 0.15) is 0 Å². The summed E-state index contributed by atoms with van der Waals surface area (Å²) in [6.45, 7) is 0. The monoisotopic (exact) mass is 340 g/mol. The average molecular weight is 340 g/mol. The van der Waals surface area contributed by atoms with Crippen LogP contribution in [0.15, 0.2) is 0 Å². The Bertz CT molecular complexity index is 432. The molecule has 19 heavy (non-hydrogen) atoms. The lowest BCUT2D eigenvalue weighted by Gasteiger charge is -2.22. The van der Waals surface area contributed by atoms with Gasteiger partial charge in [0.15, 0.2) is 20.0 Å². The number of nitrogens with zero attached hydrogens (tertiary/aromatic N) is 1. The number of hydrogen-bond acceptors (Lipinski definition) is 4. The van der Waals surface area contributed by atoms with E-state index in [1.165, 1.54) is 4.90 Å². The highest BCUT2D eigenvalue weighted by molar-refractivity contribution is 8.13. The number of alkyl halides is 6. The number of quaternary nitrogens is 1. The maximum absolute atomic E-state index is 11.4. The minimum absolute atomic E-state index is 0.778. The summed E-state index contributed by atoms with van der Waals surface area (Å²) in [4.78, 5) is 1.42. The van der Waals surface area contributed by atoms with E-state index in [0.29, 0.717) is 0 Å².